The average molecular weight is 357 g/mol. The lowest BCUT2D eigenvalue weighted by Crippen LogP contribution is -2.53. The standard InChI is InChI=1S/C19H23N3O4/c23-17-19(7-8-19)20-18(24)22(17)13-4-3-9-21(10-13)11-14-12-25-15-5-1-2-6-16(15)26-14/h1-2,5-6,13-14H,3-4,7-12H2,(H,20,24). The van der Waals surface area contributed by atoms with Crippen LogP contribution >= 0.6 is 0 Å². The van der Waals surface area contributed by atoms with Crippen molar-refractivity contribution in [2.75, 3.05) is 26.2 Å². The van der Waals surface area contributed by atoms with Gasteiger partial charge in [-0.05, 0) is 44.4 Å². The SMILES string of the molecule is O=C1NC2(CC2)C(=O)N1C1CCCN(CC2COc3ccccc3O2)C1. The van der Waals surface area contributed by atoms with Gasteiger partial charge in [0.25, 0.3) is 5.91 Å². The van der Waals surface area contributed by atoms with Crippen molar-refractivity contribution in [1.29, 1.82) is 0 Å². The van der Waals surface area contributed by atoms with Crippen LogP contribution in [0.2, 0.25) is 0 Å². The van der Waals surface area contributed by atoms with Gasteiger partial charge < -0.3 is 14.8 Å². The third-order valence-electron chi connectivity index (χ3n) is 5.82. The van der Waals surface area contributed by atoms with Crippen molar-refractivity contribution in [3.05, 3.63) is 24.3 Å². The lowest BCUT2D eigenvalue weighted by Gasteiger charge is -2.38. The van der Waals surface area contributed by atoms with E-state index in [0.29, 0.717) is 13.2 Å². The topological polar surface area (TPSA) is 71.1 Å². The van der Waals surface area contributed by atoms with Crippen molar-refractivity contribution < 1.29 is 19.1 Å². The Hall–Kier alpha value is -2.28. The Morgan fingerprint density at radius 2 is 2.00 bits per heavy atom. The number of nitrogens with zero attached hydrogens (tertiary/aromatic N) is 2. The summed E-state index contributed by atoms with van der Waals surface area (Å²) >= 11 is 0. The zero-order valence-corrected chi connectivity index (χ0v) is 14.6. The third kappa shape index (κ3) is 2.61. The summed E-state index contributed by atoms with van der Waals surface area (Å²) in [5.74, 6) is 1.54. The van der Waals surface area contributed by atoms with Gasteiger partial charge in [0, 0.05) is 13.1 Å². The number of fused-ring (bicyclic) bond motifs is 1. The van der Waals surface area contributed by atoms with Crippen molar-refractivity contribution in [1.82, 2.24) is 15.1 Å². The second-order valence-electron chi connectivity index (χ2n) is 7.74. The van der Waals surface area contributed by atoms with Crippen LogP contribution in [-0.2, 0) is 4.79 Å². The second kappa shape index (κ2) is 5.87. The van der Waals surface area contributed by atoms with Gasteiger partial charge in [-0.2, -0.15) is 0 Å². The number of para-hydroxylation sites is 2. The van der Waals surface area contributed by atoms with Crippen LogP contribution < -0.4 is 14.8 Å². The normalized spacial score (nSPS) is 29.8. The Morgan fingerprint density at radius 1 is 1.19 bits per heavy atom. The molecule has 3 fully saturated rings. The van der Waals surface area contributed by atoms with Crippen LogP contribution in [0.15, 0.2) is 24.3 Å². The molecule has 5 rings (SSSR count). The largest absolute Gasteiger partial charge is 0.486 e. The minimum absolute atomic E-state index is 0.0273. The summed E-state index contributed by atoms with van der Waals surface area (Å²) in [6.07, 6.45) is 3.35. The summed E-state index contributed by atoms with van der Waals surface area (Å²) in [6, 6.07) is 7.44. The number of ether oxygens (including phenoxy) is 2. The summed E-state index contributed by atoms with van der Waals surface area (Å²) in [4.78, 5) is 28.7. The summed E-state index contributed by atoms with van der Waals surface area (Å²) in [6.45, 7) is 2.91. The number of hydrogen-bond acceptors (Lipinski definition) is 5. The first kappa shape index (κ1) is 15.9. The molecule has 1 aromatic rings. The number of likely N-dealkylation sites (tertiary alicyclic amines) is 1. The monoisotopic (exact) mass is 357 g/mol. The smallest absolute Gasteiger partial charge is 0.325 e. The summed E-state index contributed by atoms with van der Waals surface area (Å²) < 4.78 is 11.8. The molecular weight excluding hydrogens is 334 g/mol. The van der Waals surface area contributed by atoms with Crippen molar-refractivity contribution in [3.8, 4) is 11.5 Å². The van der Waals surface area contributed by atoms with Crippen LogP contribution in [0.4, 0.5) is 4.79 Å². The van der Waals surface area contributed by atoms with Crippen LogP contribution in [0, 0.1) is 0 Å². The van der Waals surface area contributed by atoms with Crippen molar-refractivity contribution in [2.24, 2.45) is 0 Å². The van der Waals surface area contributed by atoms with Crippen molar-refractivity contribution >= 4 is 11.9 Å². The van der Waals surface area contributed by atoms with E-state index in [1.54, 1.807) is 0 Å². The maximum Gasteiger partial charge on any atom is 0.325 e. The Morgan fingerprint density at radius 3 is 2.77 bits per heavy atom. The first-order valence-corrected chi connectivity index (χ1v) is 9.41. The van der Waals surface area contributed by atoms with Gasteiger partial charge >= 0.3 is 6.03 Å². The van der Waals surface area contributed by atoms with E-state index in [0.717, 1.165) is 50.3 Å². The van der Waals surface area contributed by atoms with Crippen LogP contribution in [0.25, 0.3) is 0 Å². The molecule has 1 aromatic carbocycles. The first-order valence-electron chi connectivity index (χ1n) is 9.41. The zero-order valence-electron chi connectivity index (χ0n) is 14.6. The maximum absolute atomic E-state index is 12.6. The molecular formula is C19H23N3O4. The predicted octanol–water partition coefficient (Wildman–Crippen LogP) is 1.38. The number of hydrogen-bond donors (Lipinski definition) is 1. The van der Waals surface area contributed by atoms with E-state index in [2.05, 4.69) is 10.2 Å². The highest BCUT2D eigenvalue weighted by Gasteiger charge is 2.60. The van der Waals surface area contributed by atoms with Crippen LogP contribution in [-0.4, -0.2) is 65.7 Å². The van der Waals surface area contributed by atoms with E-state index in [-0.39, 0.29) is 24.1 Å². The van der Waals surface area contributed by atoms with Crippen LogP contribution in [0.1, 0.15) is 25.7 Å². The quantitative estimate of drug-likeness (QED) is 0.828. The maximum atomic E-state index is 12.6. The number of amides is 3. The Bertz CT molecular complexity index is 748. The number of piperidine rings is 1. The molecule has 26 heavy (non-hydrogen) atoms. The van der Waals surface area contributed by atoms with Crippen LogP contribution in [0.3, 0.4) is 0 Å². The minimum atomic E-state index is -0.566. The van der Waals surface area contributed by atoms with Gasteiger partial charge in [-0.3, -0.25) is 14.6 Å². The molecule has 2 atom stereocenters. The molecule has 2 unspecified atom stereocenters. The molecule has 1 aliphatic carbocycles. The summed E-state index contributed by atoms with van der Waals surface area (Å²) in [5, 5.41) is 2.88. The number of rotatable bonds is 3. The van der Waals surface area contributed by atoms with E-state index < -0.39 is 5.54 Å². The van der Waals surface area contributed by atoms with Gasteiger partial charge in [-0.15, -0.1) is 0 Å². The van der Waals surface area contributed by atoms with Crippen LogP contribution in [0.5, 0.6) is 11.5 Å². The summed E-state index contributed by atoms with van der Waals surface area (Å²) in [5.41, 5.74) is -0.566. The van der Waals surface area contributed by atoms with Gasteiger partial charge in [-0.25, -0.2) is 4.79 Å². The number of nitrogens with one attached hydrogen (secondary N) is 1. The number of carbonyl (C=O) groups excluding carboxylic acids is 2. The molecule has 1 saturated carbocycles. The Kier molecular flexibility index (Phi) is 3.60. The molecule has 0 aromatic heterocycles. The second-order valence-corrected chi connectivity index (χ2v) is 7.74. The molecule has 1 spiro atoms. The zero-order chi connectivity index (χ0) is 17.7. The predicted molar refractivity (Wildman–Crippen MR) is 93.2 cm³/mol. The van der Waals surface area contributed by atoms with Crippen molar-refractivity contribution in [3.63, 3.8) is 0 Å². The lowest BCUT2D eigenvalue weighted by molar-refractivity contribution is -0.130. The average Bonchev–Trinajstić information content (AvgIpc) is 3.37. The number of imide groups is 1. The number of benzene rings is 1. The van der Waals surface area contributed by atoms with Crippen molar-refractivity contribution in [2.45, 2.75) is 43.4 Å². The molecule has 0 bridgehead atoms. The summed E-state index contributed by atoms with van der Waals surface area (Å²) in [7, 11) is 0. The molecule has 138 valence electrons. The van der Waals surface area contributed by atoms with E-state index in [1.165, 1.54) is 4.90 Å². The first-order chi connectivity index (χ1) is 12.6. The van der Waals surface area contributed by atoms with E-state index in [9.17, 15) is 9.59 Å². The molecule has 0 radical (unpaired) electrons. The van der Waals surface area contributed by atoms with Gasteiger partial charge in [0.2, 0.25) is 0 Å². The van der Waals surface area contributed by atoms with Gasteiger partial charge in [0.1, 0.15) is 18.2 Å². The van der Waals surface area contributed by atoms with E-state index in [1.807, 2.05) is 24.3 Å². The molecule has 7 heteroatoms. The molecule has 7 nitrogen and oxygen atoms in total. The fourth-order valence-corrected chi connectivity index (χ4v) is 4.29. The van der Waals surface area contributed by atoms with Gasteiger partial charge in [-0.1, -0.05) is 12.1 Å². The molecule has 1 N–H and O–H groups in total. The Balaban J connectivity index is 1.23. The Labute approximate surface area is 152 Å². The fourth-order valence-electron chi connectivity index (χ4n) is 4.29. The molecule has 3 aliphatic heterocycles. The number of carbonyl (C=O) groups is 2. The molecule has 3 heterocycles. The minimum Gasteiger partial charge on any atom is -0.486 e. The van der Waals surface area contributed by atoms with E-state index >= 15 is 0 Å². The highest BCUT2D eigenvalue weighted by atomic mass is 16.6. The molecule has 3 amide bonds. The van der Waals surface area contributed by atoms with Gasteiger partial charge in [0.15, 0.2) is 11.5 Å². The lowest BCUT2D eigenvalue weighted by atomic mass is 10.0. The highest BCUT2D eigenvalue weighted by molar-refractivity contribution is 6.09. The molecule has 4 aliphatic rings. The molecule has 2 saturated heterocycles. The number of urea groups is 1. The highest BCUT2D eigenvalue weighted by Crippen LogP contribution is 2.42. The third-order valence-corrected chi connectivity index (χ3v) is 5.82. The van der Waals surface area contributed by atoms with E-state index in [4.69, 9.17) is 9.47 Å². The van der Waals surface area contributed by atoms with Gasteiger partial charge in [0.05, 0.1) is 6.04 Å². The fraction of sp³-hybridized carbons (Fsp3) is 0.579.